The van der Waals surface area contributed by atoms with Gasteiger partial charge in [-0.25, -0.2) is 0 Å². The van der Waals surface area contributed by atoms with E-state index in [4.69, 9.17) is 0 Å². The number of nitro benzene ring substituents is 1. The van der Waals surface area contributed by atoms with E-state index in [2.05, 4.69) is 5.32 Å². The minimum absolute atomic E-state index is 0.0939. The average Bonchev–Trinajstić information content (AvgIpc) is 2.53. The second kappa shape index (κ2) is 7.12. The van der Waals surface area contributed by atoms with Gasteiger partial charge in [0, 0.05) is 18.2 Å². The van der Waals surface area contributed by atoms with E-state index in [0.717, 1.165) is 12.1 Å². The molecule has 8 heteroatoms. The minimum atomic E-state index is -4.45. The number of benzene rings is 2. The molecule has 0 bridgehead atoms. The van der Waals surface area contributed by atoms with Gasteiger partial charge in [0.15, 0.2) is 0 Å². The number of alkyl halides is 3. The van der Waals surface area contributed by atoms with Crippen LogP contribution in [0, 0.1) is 10.1 Å². The summed E-state index contributed by atoms with van der Waals surface area (Å²) in [7, 11) is 0. The molecule has 0 atom stereocenters. The summed E-state index contributed by atoms with van der Waals surface area (Å²) in [4.78, 5) is 22.2. The second-order valence-corrected chi connectivity index (χ2v) is 5.04. The van der Waals surface area contributed by atoms with Gasteiger partial charge < -0.3 is 5.32 Å². The molecule has 5 nitrogen and oxygen atoms in total. The number of nitrogens with one attached hydrogen (secondary N) is 1. The van der Waals surface area contributed by atoms with Crippen LogP contribution in [0.4, 0.5) is 18.9 Å². The molecule has 0 aliphatic heterocycles. The van der Waals surface area contributed by atoms with Gasteiger partial charge in [0.25, 0.3) is 5.69 Å². The molecule has 0 aromatic heterocycles. The van der Waals surface area contributed by atoms with E-state index in [1.165, 1.54) is 30.3 Å². The quantitative estimate of drug-likeness (QED) is 0.670. The number of nitrogens with zero attached hydrogens (tertiary/aromatic N) is 1. The van der Waals surface area contributed by atoms with Crippen LogP contribution < -0.4 is 5.32 Å². The lowest BCUT2D eigenvalue weighted by molar-refractivity contribution is -0.385. The Morgan fingerprint density at radius 2 is 1.83 bits per heavy atom. The highest BCUT2D eigenvalue weighted by atomic mass is 19.4. The Hall–Kier alpha value is -2.90. The largest absolute Gasteiger partial charge is 0.416 e. The molecule has 2 aromatic rings. The third kappa shape index (κ3) is 4.55. The fraction of sp³-hybridized carbons (Fsp3) is 0.188. The van der Waals surface area contributed by atoms with Crippen LogP contribution in [0.5, 0.6) is 0 Å². The molecule has 24 heavy (non-hydrogen) atoms. The van der Waals surface area contributed by atoms with Crippen LogP contribution in [0.2, 0.25) is 0 Å². The van der Waals surface area contributed by atoms with Crippen molar-refractivity contribution in [2.75, 3.05) is 0 Å². The molecular formula is C16H13F3N2O3. The van der Waals surface area contributed by atoms with Crippen molar-refractivity contribution in [3.05, 3.63) is 75.3 Å². The van der Waals surface area contributed by atoms with E-state index in [0.29, 0.717) is 5.56 Å². The van der Waals surface area contributed by atoms with Gasteiger partial charge in [0.2, 0.25) is 5.91 Å². The highest BCUT2D eigenvalue weighted by Crippen LogP contribution is 2.29. The molecule has 126 valence electrons. The molecule has 0 aliphatic carbocycles. The summed E-state index contributed by atoms with van der Waals surface area (Å²) in [6, 6.07) is 10.4. The summed E-state index contributed by atoms with van der Waals surface area (Å²) in [5.41, 5.74) is -0.440. The number of hydrogen-bond donors (Lipinski definition) is 1. The van der Waals surface area contributed by atoms with Gasteiger partial charge in [-0.15, -0.1) is 0 Å². The van der Waals surface area contributed by atoms with Gasteiger partial charge in [-0.2, -0.15) is 13.2 Å². The Morgan fingerprint density at radius 3 is 2.50 bits per heavy atom. The molecule has 2 rings (SSSR count). The smallest absolute Gasteiger partial charge is 0.352 e. The average molecular weight is 338 g/mol. The highest BCUT2D eigenvalue weighted by molar-refractivity contribution is 5.79. The minimum Gasteiger partial charge on any atom is -0.352 e. The zero-order valence-electron chi connectivity index (χ0n) is 12.3. The maximum atomic E-state index is 12.6. The number of nitro groups is 1. The summed E-state index contributed by atoms with van der Waals surface area (Å²) in [5.74, 6) is -0.512. The standard InChI is InChI=1S/C16H13F3N2O3/c17-16(18,19)13-6-3-4-11(8-13)10-20-15(22)9-12-5-1-2-7-14(12)21(23)24/h1-8H,9-10H2,(H,20,22). The van der Waals surface area contributed by atoms with E-state index in [-0.39, 0.29) is 24.2 Å². The highest BCUT2D eigenvalue weighted by Gasteiger charge is 2.30. The molecule has 0 unspecified atom stereocenters. The lowest BCUT2D eigenvalue weighted by Crippen LogP contribution is -2.25. The maximum Gasteiger partial charge on any atom is 0.416 e. The SMILES string of the molecule is O=C(Cc1ccccc1[N+](=O)[O-])NCc1cccc(C(F)(F)F)c1. The summed E-state index contributed by atoms with van der Waals surface area (Å²) >= 11 is 0. The van der Waals surface area contributed by atoms with E-state index in [1.54, 1.807) is 6.07 Å². The summed E-state index contributed by atoms with van der Waals surface area (Å²) in [6.07, 6.45) is -4.68. The Morgan fingerprint density at radius 1 is 1.12 bits per heavy atom. The lowest BCUT2D eigenvalue weighted by Gasteiger charge is -2.10. The normalized spacial score (nSPS) is 11.1. The molecule has 0 fully saturated rings. The Kier molecular flexibility index (Phi) is 5.18. The van der Waals surface area contributed by atoms with Crippen LogP contribution >= 0.6 is 0 Å². The van der Waals surface area contributed by atoms with Crippen LogP contribution in [0.1, 0.15) is 16.7 Å². The zero-order chi connectivity index (χ0) is 17.7. The summed E-state index contributed by atoms with van der Waals surface area (Å²) in [6.45, 7) is -0.0939. The first kappa shape index (κ1) is 17.5. The van der Waals surface area contributed by atoms with Crippen molar-refractivity contribution in [1.29, 1.82) is 0 Å². The van der Waals surface area contributed by atoms with Crippen LogP contribution in [-0.2, 0) is 23.9 Å². The predicted octanol–water partition coefficient (Wildman–Crippen LogP) is 3.47. The number of para-hydroxylation sites is 1. The summed E-state index contributed by atoms with van der Waals surface area (Å²) in [5, 5.41) is 13.3. The fourth-order valence-corrected chi connectivity index (χ4v) is 2.13. The van der Waals surface area contributed by atoms with E-state index >= 15 is 0 Å². The molecule has 1 amide bonds. The number of carbonyl (C=O) groups is 1. The molecule has 1 N–H and O–H groups in total. The van der Waals surface area contributed by atoms with Crippen molar-refractivity contribution in [2.24, 2.45) is 0 Å². The first-order valence-electron chi connectivity index (χ1n) is 6.92. The molecule has 0 spiro atoms. The van der Waals surface area contributed by atoms with Crippen molar-refractivity contribution in [3.63, 3.8) is 0 Å². The zero-order valence-corrected chi connectivity index (χ0v) is 12.3. The maximum absolute atomic E-state index is 12.6. The van der Waals surface area contributed by atoms with E-state index < -0.39 is 22.6 Å². The molecular weight excluding hydrogens is 325 g/mol. The number of rotatable bonds is 5. The topological polar surface area (TPSA) is 72.2 Å². The van der Waals surface area contributed by atoms with Gasteiger partial charge in [-0.05, 0) is 17.7 Å². The van der Waals surface area contributed by atoms with E-state index in [1.807, 2.05) is 0 Å². The first-order chi connectivity index (χ1) is 11.3. The van der Waals surface area contributed by atoms with Crippen LogP contribution in [0.3, 0.4) is 0 Å². The predicted molar refractivity (Wildman–Crippen MR) is 80.1 cm³/mol. The van der Waals surface area contributed by atoms with Crippen LogP contribution in [0.25, 0.3) is 0 Å². The van der Waals surface area contributed by atoms with Crippen molar-refractivity contribution in [2.45, 2.75) is 19.1 Å². The van der Waals surface area contributed by atoms with Crippen molar-refractivity contribution >= 4 is 11.6 Å². The number of carbonyl (C=O) groups excluding carboxylic acids is 1. The molecule has 2 aromatic carbocycles. The van der Waals surface area contributed by atoms with E-state index in [9.17, 15) is 28.1 Å². The Balaban J connectivity index is 2.01. The Bertz CT molecular complexity index is 760. The van der Waals surface area contributed by atoms with Gasteiger partial charge >= 0.3 is 6.18 Å². The summed E-state index contributed by atoms with van der Waals surface area (Å²) < 4.78 is 37.9. The second-order valence-electron chi connectivity index (χ2n) is 5.04. The van der Waals surface area contributed by atoms with Crippen molar-refractivity contribution < 1.29 is 22.9 Å². The van der Waals surface area contributed by atoms with Gasteiger partial charge in [0.05, 0.1) is 16.9 Å². The first-order valence-corrected chi connectivity index (χ1v) is 6.92. The van der Waals surface area contributed by atoms with Crippen molar-refractivity contribution in [3.8, 4) is 0 Å². The fourth-order valence-electron chi connectivity index (χ4n) is 2.13. The van der Waals surface area contributed by atoms with Crippen molar-refractivity contribution in [1.82, 2.24) is 5.32 Å². The Labute approximate surface area is 135 Å². The van der Waals surface area contributed by atoms with Gasteiger partial charge in [0.1, 0.15) is 0 Å². The third-order valence-corrected chi connectivity index (χ3v) is 3.28. The van der Waals surface area contributed by atoms with Crippen LogP contribution in [-0.4, -0.2) is 10.8 Å². The van der Waals surface area contributed by atoms with Gasteiger partial charge in [-0.3, -0.25) is 14.9 Å². The number of hydrogen-bond acceptors (Lipinski definition) is 3. The monoisotopic (exact) mass is 338 g/mol. The van der Waals surface area contributed by atoms with Crippen LogP contribution in [0.15, 0.2) is 48.5 Å². The van der Waals surface area contributed by atoms with Gasteiger partial charge in [-0.1, -0.05) is 30.3 Å². The molecule has 0 heterocycles. The molecule has 0 aliphatic rings. The number of amides is 1. The third-order valence-electron chi connectivity index (χ3n) is 3.28. The molecule has 0 saturated carbocycles. The number of halogens is 3. The molecule has 0 radical (unpaired) electrons. The lowest BCUT2D eigenvalue weighted by atomic mass is 10.1. The molecule has 0 saturated heterocycles.